The Morgan fingerprint density at radius 2 is 1.70 bits per heavy atom. The molecule has 62 valence electrons. The van der Waals surface area contributed by atoms with Crippen LogP contribution in [0, 0.1) is 0 Å². The summed E-state index contributed by atoms with van der Waals surface area (Å²) in [6.45, 7) is 1.97. The average Bonchev–Trinajstić information content (AvgIpc) is 1.58. The van der Waals surface area contributed by atoms with Crippen LogP contribution in [-0.4, -0.2) is 28.0 Å². The highest BCUT2D eigenvalue weighted by atomic mass is 28.1. The van der Waals surface area contributed by atoms with Crippen molar-refractivity contribution in [2.75, 3.05) is 0 Å². The first-order valence-corrected chi connectivity index (χ1v) is 4.94. The van der Waals surface area contributed by atoms with Crippen LogP contribution in [0.1, 0.15) is 19.8 Å². The lowest BCUT2D eigenvalue weighted by Gasteiger charge is -2.15. The van der Waals surface area contributed by atoms with Crippen molar-refractivity contribution in [3.8, 4) is 0 Å². The van der Waals surface area contributed by atoms with Crippen LogP contribution in [0.2, 0.25) is 0 Å². The predicted octanol–water partition coefficient (Wildman–Crippen LogP) is -1.91. The third-order valence-corrected chi connectivity index (χ3v) is 1.82. The number of hydrogen-bond acceptors (Lipinski definition) is 3. The van der Waals surface area contributed by atoms with E-state index in [2.05, 4.69) is 0 Å². The monoisotopic (exact) mass is 161 g/mol. The van der Waals surface area contributed by atoms with E-state index < -0.39 is 0 Å². The topological polar surface area (TPSA) is 78.1 Å². The highest BCUT2D eigenvalue weighted by Crippen LogP contribution is 1.98. The Labute approximate surface area is 65.8 Å². The second-order valence-corrected chi connectivity index (χ2v) is 4.67. The van der Waals surface area contributed by atoms with Gasteiger partial charge in [-0.2, -0.15) is 0 Å². The number of hydrogen-bond donors (Lipinski definition) is 3. The van der Waals surface area contributed by atoms with Crippen LogP contribution < -0.4 is 17.2 Å². The minimum atomic E-state index is 0.201. The summed E-state index contributed by atoms with van der Waals surface area (Å²) in [6, 6.07) is 0.405. The standard InChI is InChI=1S/C6H19N3Si/c1-4(7)2-5(8)3-6(9)10/h4-6H,2-3,7-9H2,1,10H3. The van der Waals surface area contributed by atoms with Crippen LogP contribution in [0.5, 0.6) is 0 Å². The van der Waals surface area contributed by atoms with Gasteiger partial charge in [0.2, 0.25) is 0 Å². The summed E-state index contributed by atoms with van der Waals surface area (Å²) in [5.74, 6) is 0. The third-order valence-electron chi connectivity index (χ3n) is 1.35. The van der Waals surface area contributed by atoms with Crippen LogP contribution in [-0.2, 0) is 0 Å². The summed E-state index contributed by atoms with van der Waals surface area (Å²) in [5, 5.41) is 0. The smallest absolute Gasteiger partial charge is 0.0238 e. The molecule has 0 heterocycles. The van der Waals surface area contributed by atoms with Gasteiger partial charge in [-0.25, -0.2) is 0 Å². The molecule has 0 amide bonds. The van der Waals surface area contributed by atoms with Gasteiger partial charge in [0.05, 0.1) is 0 Å². The summed E-state index contributed by atoms with van der Waals surface area (Å²) in [6.07, 6.45) is 1.81. The van der Waals surface area contributed by atoms with Gasteiger partial charge < -0.3 is 17.2 Å². The summed E-state index contributed by atoms with van der Waals surface area (Å²) >= 11 is 0. The molecule has 3 unspecified atom stereocenters. The van der Waals surface area contributed by atoms with E-state index in [1.165, 1.54) is 0 Å². The lowest BCUT2D eigenvalue weighted by atomic mass is 10.1. The molecule has 3 nitrogen and oxygen atoms in total. The second kappa shape index (κ2) is 4.84. The van der Waals surface area contributed by atoms with E-state index in [0.717, 1.165) is 23.1 Å². The third kappa shape index (κ3) is 6.22. The molecule has 0 aromatic rings. The highest BCUT2D eigenvalue weighted by molar-refractivity contribution is 6.11. The number of rotatable bonds is 4. The average molecular weight is 161 g/mol. The van der Waals surface area contributed by atoms with Gasteiger partial charge in [0.1, 0.15) is 0 Å². The molecule has 0 aliphatic carbocycles. The van der Waals surface area contributed by atoms with Crippen molar-refractivity contribution in [3.63, 3.8) is 0 Å². The van der Waals surface area contributed by atoms with Crippen LogP contribution in [0.4, 0.5) is 0 Å². The van der Waals surface area contributed by atoms with Gasteiger partial charge in [-0.1, -0.05) is 0 Å². The van der Waals surface area contributed by atoms with Crippen molar-refractivity contribution >= 4 is 10.2 Å². The van der Waals surface area contributed by atoms with Crippen molar-refractivity contribution in [3.05, 3.63) is 0 Å². The van der Waals surface area contributed by atoms with Crippen LogP contribution in [0.3, 0.4) is 0 Å². The Bertz CT molecular complexity index is 75.1. The maximum Gasteiger partial charge on any atom is 0.0238 e. The molecule has 0 saturated carbocycles. The first-order chi connectivity index (χ1) is 4.52. The van der Waals surface area contributed by atoms with E-state index >= 15 is 0 Å². The van der Waals surface area contributed by atoms with Gasteiger partial charge in [0.15, 0.2) is 0 Å². The van der Waals surface area contributed by atoms with Crippen molar-refractivity contribution in [2.45, 2.75) is 37.5 Å². The fraction of sp³-hybridized carbons (Fsp3) is 1.00. The van der Waals surface area contributed by atoms with E-state index in [0.29, 0.717) is 5.67 Å². The zero-order chi connectivity index (χ0) is 8.15. The molecule has 0 spiro atoms. The lowest BCUT2D eigenvalue weighted by Crippen LogP contribution is -2.35. The number of nitrogens with two attached hydrogens (primary N) is 3. The maximum absolute atomic E-state index is 5.74. The molecule has 3 atom stereocenters. The van der Waals surface area contributed by atoms with E-state index in [4.69, 9.17) is 17.2 Å². The van der Waals surface area contributed by atoms with Gasteiger partial charge in [0, 0.05) is 22.3 Å². The molecule has 0 radical (unpaired) electrons. The van der Waals surface area contributed by atoms with Crippen molar-refractivity contribution in [2.24, 2.45) is 17.2 Å². The van der Waals surface area contributed by atoms with Crippen LogP contribution >= 0.6 is 0 Å². The van der Waals surface area contributed by atoms with Gasteiger partial charge in [0.25, 0.3) is 0 Å². The van der Waals surface area contributed by atoms with E-state index in [1.54, 1.807) is 0 Å². The van der Waals surface area contributed by atoms with Gasteiger partial charge in [-0.15, -0.1) is 0 Å². The fourth-order valence-corrected chi connectivity index (χ4v) is 1.66. The molecule has 0 aromatic carbocycles. The zero-order valence-corrected chi connectivity index (χ0v) is 8.88. The van der Waals surface area contributed by atoms with Crippen LogP contribution in [0.25, 0.3) is 0 Å². The molecular formula is C6H19N3Si. The summed E-state index contributed by atoms with van der Waals surface area (Å²) in [5.41, 5.74) is 17.2. The minimum Gasteiger partial charge on any atom is -0.331 e. The predicted molar refractivity (Wildman–Crippen MR) is 48.8 cm³/mol. The largest absolute Gasteiger partial charge is 0.331 e. The summed E-state index contributed by atoms with van der Waals surface area (Å²) in [4.78, 5) is 0. The molecule has 0 aromatic heterocycles. The molecule has 10 heavy (non-hydrogen) atoms. The summed E-state index contributed by atoms with van der Waals surface area (Å²) in [7, 11) is 1.02. The van der Waals surface area contributed by atoms with E-state index in [9.17, 15) is 0 Å². The van der Waals surface area contributed by atoms with E-state index in [-0.39, 0.29) is 12.1 Å². The second-order valence-electron chi connectivity index (χ2n) is 3.19. The SMILES string of the molecule is CC(N)CC(N)CC(N)[SiH3]. The van der Waals surface area contributed by atoms with Crippen molar-refractivity contribution in [1.29, 1.82) is 0 Å². The Balaban J connectivity index is 3.34. The lowest BCUT2D eigenvalue weighted by molar-refractivity contribution is 0.510. The fourth-order valence-electron chi connectivity index (χ4n) is 1.05. The maximum atomic E-state index is 5.74. The molecule has 4 heteroatoms. The van der Waals surface area contributed by atoms with Gasteiger partial charge in [-0.3, -0.25) is 0 Å². The molecular weight excluding hydrogens is 142 g/mol. The molecule has 0 fully saturated rings. The molecule has 6 N–H and O–H groups in total. The van der Waals surface area contributed by atoms with Gasteiger partial charge in [-0.05, 0) is 25.4 Å². The Morgan fingerprint density at radius 3 is 2.00 bits per heavy atom. The Kier molecular flexibility index (Phi) is 4.89. The zero-order valence-electron chi connectivity index (χ0n) is 6.88. The molecule has 0 rings (SSSR count). The first kappa shape index (κ1) is 10.1. The minimum absolute atomic E-state index is 0.201. The first-order valence-electron chi connectivity index (χ1n) is 3.79. The highest BCUT2D eigenvalue weighted by Gasteiger charge is 2.06. The summed E-state index contributed by atoms with van der Waals surface area (Å²) < 4.78 is 0. The van der Waals surface area contributed by atoms with Crippen molar-refractivity contribution < 1.29 is 0 Å². The molecule has 0 saturated heterocycles. The van der Waals surface area contributed by atoms with Crippen molar-refractivity contribution in [1.82, 2.24) is 0 Å². The van der Waals surface area contributed by atoms with E-state index in [1.807, 2.05) is 6.92 Å². The Hall–Kier alpha value is 0.0969. The Morgan fingerprint density at radius 1 is 1.20 bits per heavy atom. The quantitative estimate of drug-likeness (QED) is 0.421. The van der Waals surface area contributed by atoms with Crippen LogP contribution in [0.15, 0.2) is 0 Å². The molecule has 0 aliphatic heterocycles. The normalized spacial score (nSPS) is 20.4. The van der Waals surface area contributed by atoms with Gasteiger partial charge >= 0.3 is 0 Å². The molecule has 0 bridgehead atoms. The molecule has 0 aliphatic rings.